The lowest BCUT2D eigenvalue weighted by Gasteiger charge is -2.22. The van der Waals surface area contributed by atoms with Crippen LogP contribution >= 0.6 is 0 Å². The van der Waals surface area contributed by atoms with Crippen molar-refractivity contribution in [3.63, 3.8) is 0 Å². The normalized spacial score (nSPS) is 12.5. The largest absolute Gasteiger partial charge is 0.465 e. The van der Waals surface area contributed by atoms with Crippen molar-refractivity contribution in [3.05, 3.63) is 35.9 Å². The number of rotatable bonds is 4. The van der Waals surface area contributed by atoms with Gasteiger partial charge in [0.05, 0.1) is 12.7 Å². The van der Waals surface area contributed by atoms with Gasteiger partial charge in [0, 0.05) is 6.42 Å². The minimum atomic E-state index is -1.33. The Morgan fingerprint density at radius 1 is 1.39 bits per heavy atom. The Morgan fingerprint density at radius 3 is 2.56 bits per heavy atom. The first-order chi connectivity index (χ1) is 8.71. The molecule has 1 aromatic carbocycles. The average Bonchev–Trinajstić information content (AvgIpc) is 2.42. The topological polar surface area (TPSA) is 50.1 Å². The number of nitriles is 1. The third-order valence-corrected chi connectivity index (χ3v) is 2.61. The summed E-state index contributed by atoms with van der Waals surface area (Å²) < 4.78 is 5.02. The highest BCUT2D eigenvalue weighted by molar-refractivity contribution is 5.87. The average molecular weight is 241 g/mol. The van der Waals surface area contributed by atoms with Crippen LogP contribution in [0.25, 0.3) is 0 Å². The molecule has 0 spiro atoms. The summed E-state index contributed by atoms with van der Waals surface area (Å²) in [5.74, 6) is 4.98. The third kappa shape index (κ3) is 2.70. The van der Waals surface area contributed by atoms with Crippen molar-refractivity contribution in [2.75, 3.05) is 6.61 Å². The minimum absolute atomic E-state index is 0.142. The van der Waals surface area contributed by atoms with Crippen molar-refractivity contribution >= 4 is 5.97 Å². The Bertz CT molecular complexity index is 505. The van der Waals surface area contributed by atoms with E-state index in [1.165, 1.54) is 0 Å². The summed E-state index contributed by atoms with van der Waals surface area (Å²) in [7, 11) is 0. The minimum Gasteiger partial charge on any atom is -0.465 e. The van der Waals surface area contributed by atoms with Gasteiger partial charge in [0.15, 0.2) is 5.41 Å². The van der Waals surface area contributed by atoms with Crippen molar-refractivity contribution < 1.29 is 9.53 Å². The van der Waals surface area contributed by atoms with Gasteiger partial charge in [-0.25, -0.2) is 4.79 Å². The summed E-state index contributed by atoms with van der Waals surface area (Å²) in [4.78, 5) is 12.1. The number of carbonyl (C=O) groups excluding carboxylic acids is 1. The molecule has 0 radical (unpaired) electrons. The van der Waals surface area contributed by atoms with E-state index in [1.807, 2.05) is 6.07 Å². The molecule has 18 heavy (non-hydrogen) atoms. The zero-order valence-electron chi connectivity index (χ0n) is 10.6. The molecule has 0 amide bonds. The van der Waals surface area contributed by atoms with Crippen LogP contribution < -0.4 is 0 Å². The third-order valence-electron chi connectivity index (χ3n) is 2.61. The molecular weight excluding hydrogens is 226 g/mol. The van der Waals surface area contributed by atoms with Gasteiger partial charge in [0.2, 0.25) is 0 Å². The molecule has 0 aliphatic carbocycles. The summed E-state index contributed by atoms with van der Waals surface area (Å²) in [6.45, 7) is 3.64. The first kappa shape index (κ1) is 13.8. The van der Waals surface area contributed by atoms with E-state index in [4.69, 9.17) is 4.74 Å². The predicted molar refractivity (Wildman–Crippen MR) is 68.4 cm³/mol. The van der Waals surface area contributed by atoms with E-state index in [1.54, 1.807) is 38.1 Å². The lowest BCUT2D eigenvalue weighted by Crippen LogP contribution is -2.36. The zero-order valence-corrected chi connectivity index (χ0v) is 10.6. The van der Waals surface area contributed by atoms with Crippen LogP contribution in [0.5, 0.6) is 0 Å². The van der Waals surface area contributed by atoms with Gasteiger partial charge in [-0.15, -0.1) is 11.8 Å². The maximum absolute atomic E-state index is 12.1. The fourth-order valence-electron chi connectivity index (χ4n) is 1.64. The molecule has 0 N–H and O–H groups in total. The number of benzene rings is 1. The Morgan fingerprint density at radius 2 is 2.06 bits per heavy atom. The summed E-state index contributed by atoms with van der Waals surface area (Å²) in [5, 5.41) is 9.44. The van der Waals surface area contributed by atoms with Crippen LogP contribution in [0.4, 0.5) is 0 Å². The Balaban J connectivity index is 3.26. The highest BCUT2D eigenvalue weighted by atomic mass is 16.5. The van der Waals surface area contributed by atoms with Crippen molar-refractivity contribution in [2.24, 2.45) is 0 Å². The van der Waals surface area contributed by atoms with Crippen LogP contribution in [0.2, 0.25) is 0 Å². The molecule has 0 heterocycles. The zero-order chi connectivity index (χ0) is 13.4. The van der Waals surface area contributed by atoms with E-state index in [2.05, 4.69) is 17.9 Å². The molecule has 0 aliphatic heterocycles. The van der Waals surface area contributed by atoms with E-state index in [0.717, 1.165) is 0 Å². The molecule has 0 fully saturated rings. The van der Waals surface area contributed by atoms with Crippen LogP contribution in [-0.4, -0.2) is 12.6 Å². The van der Waals surface area contributed by atoms with Crippen molar-refractivity contribution in [1.82, 2.24) is 0 Å². The summed E-state index contributed by atoms with van der Waals surface area (Å²) in [6, 6.07) is 11.0. The van der Waals surface area contributed by atoms with Gasteiger partial charge in [-0.3, -0.25) is 0 Å². The van der Waals surface area contributed by atoms with E-state index >= 15 is 0 Å². The summed E-state index contributed by atoms with van der Waals surface area (Å²) in [6.07, 6.45) is 0.142. The van der Waals surface area contributed by atoms with Crippen LogP contribution in [-0.2, 0) is 14.9 Å². The molecule has 0 aromatic heterocycles. The highest BCUT2D eigenvalue weighted by Crippen LogP contribution is 2.28. The van der Waals surface area contributed by atoms with Gasteiger partial charge in [-0.1, -0.05) is 30.3 Å². The van der Waals surface area contributed by atoms with Gasteiger partial charge >= 0.3 is 5.97 Å². The molecule has 3 nitrogen and oxygen atoms in total. The van der Waals surface area contributed by atoms with Crippen molar-refractivity contribution in [2.45, 2.75) is 25.7 Å². The van der Waals surface area contributed by atoms with E-state index in [0.29, 0.717) is 5.56 Å². The van der Waals surface area contributed by atoms with Crippen LogP contribution in [0, 0.1) is 23.2 Å². The standard InChI is InChI=1S/C15H15NO2/c1-3-5-11-15(12-16,14(17)18-4-2)13-9-7-6-8-10-13/h6-10H,4,11H2,1-2H3. The van der Waals surface area contributed by atoms with Crippen LogP contribution in [0.1, 0.15) is 25.8 Å². The number of hydrogen-bond acceptors (Lipinski definition) is 3. The molecule has 1 atom stereocenters. The molecular formula is C15H15NO2. The second-order valence-corrected chi connectivity index (χ2v) is 3.71. The summed E-state index contributed by atoms with van der Waals surface area (Å²) >= 11 is 0. The van der Waals surface area contributed by atoms with Crippen LogP contribution in [0.3, 0.4) is 0 Å². The first-order valence-corrected chi connectivity index (χ1v) is 5.75. The van der Waals surface area contributed by atoms with E-state index in [9.17, 15) is 10.1 Å². The molecule has 1 aromatic rings. The maximum Gasteiger partial charge on any atom is 0.332 e. The van der Waals surface area contributed by atoms with E-state index < -0.39 is 11.4 Å². The Labute approximate surface area is 107 Å². The number of carbonyl (C=O) groups is 1. The lowest BCUT2D eigenvalue weighted by atomic mass is 9.79. The molecule has 3 heteroatoms. The van der Waals surface area contributed by atoms with Gasteiger partial charge in [0.25, 0.3) is 0 Å². The molecule has 0 saturated heterocycles. The van der Waals surface area contributed by atoms with Crippen molar-refractivity contribution in [3.8, 4) is 17.9 Å². The Hall–Kier alpha value is -2.26. The second-order valence-electron chi connectivity index (χ2n) is 3.71. The number of ether oxygens (including phenoxy) is 1. The highest BCUT2D eigenvalue weighted by Gasteiger charge is 2.41. The number of hydrogen-bond donors (Lipinski definition) is 0. The maximum atomic E-state index is 12.1. The fraction of sp³-hybridized carbons (Fsp3) is 0.333. The Kier molecular flexibility index (Phi) is 4.96. The lowest BCUT2D eigenvalue weighted by molar-refractivity contribution is -0.147. The predicted octanol–water partition coefficient (Wildman–Crippen LogP) is 2.42. The monoisotopic (exact) mass is 241 g/mol. The SMILES string of the molecule is CC#CCC(C#N)(C(=O)OCC)c1ccccc1. The number of esters is 1. The summed E-state index contributed by atoms with van der Waals surface area (Å²) in [5.41, 5.74) is -0.714. The smallest absolute Gasteiger partial charge is 0.332 e. The van der Waals surface area contributed by atoms with Gasteiger partial charge in [-0.2, -0.15) is 5.26 Å². The molecule has 92 valence electrons. The second kappa shape index (κ2) is 6.47. The molecule has 0 aliphatic rings. The number of nitrogens with zero attached hydrogens (tertiary/aromatic N) is 1. The van der Waals surface area contributed by atoms with Crippen molar-refractivity contribution in [1.29, 1.82) is 5.26 Å². The fourth-order valence-corrected chi connectivity index (χ4v) is 1.64. The molecule has 0 bridgehead atoms. The quantitative estimate of drug-likeness (QED) is 0.601. The molecule has 1 rings (SSSR count). The van der Waals surface area contributed by atoms with Gasteiger partial charge < -0.3 is 4.74 Å². The van der Waals surface area contributed by atoms with Gasteiger partial charge in [0.1, 0.15) is 0 Å². The van der Waals surface area contributed by atoms with Gasteiger partial charge in [-0.05, 0) is 19.4 Å². The van der Waals surface area contributed by atoms with Crippen LogP contribution in [0.15, 0.2) is 30.3 Å². The first-order valence-electron chi connectivity index (χ1n) is 5.75. The molecule has 0 saturated carbocycles. The molecule has 1 unspecified atom stereocenters. The van der Waals surface area contributed by atoms with E-state index in [-0.39, 0.29) is 13.0 Å².